The zero-order valence-electron chi connectivity index (χ0n) is 10.3. The predicted octanol–water partition coefficient (Wildman–Crippen LogP) is 3.72. The fourth-order valence-electron chi connectivity index (χ4n) is 3.89. The smallest absolute Gasteiger partial charge is 0.00387 e. The van der Waals surface area contributed by atoms with Crippen molar-refractivity contribution >= 4 is 0 Å². The number of hydrogen-bond acceptors (Lipinski definition) is 1. The van der Waals surface area contributed by atoms with Gasteiger partial charge >= 0.3 is 0 Å². The molecule has 2 fully saturated rings. The first-order chi connectivity index (χ1) is 7.29. The summed E-state index contributed by atoms with van der Waals surface area (Å²) in [5.41, 5.74) is 6.04. The Balaban J connectivity index is 1.58. The molecular weight excluding hydrogens is 182 g/mol. The zero-order chi connectivity index (χ0) is 10.7. The van der Waals surface area contributed by atoms with Crippen molar-refractivity contribution in [1.29, 1.82) is 0 Å². The lowest BCUT2D eigenvalue weighted by molar-refractivity contribution is 0.302. The fraction of sp³-hybridized carbons (Fsp3) is 1.00. The van der Waals surface area contributed by atoms with Crippen LogP contribution in [-0.4, -0.2) is 6.04 Å². The van der Waals surface area contributed by atoms with Gasteiger partial charge in [0, 0.05) is 6.04 Å². The van der Waals surface area contributed by atoms with Gasteiger partial charge in [-0.2, -0.15) is 0 Å². The summed E-state index contributed by atoms with van der Waals surface area (Å²) in [7, 11) is 0. The third-order valence-corrected chi connectivity index (χ3v) is 4.69. The van der Waals surface area contributed by atoms with Gasteiger partial charge in [-0.25, -0.2) is 0 Å². The molecule has 0 aromatic heterocycles. The second-order valence-electron chi connectivity index (χ2n) is 5.91. The summed E-state index contributed by atoms with van der Waals surface area (Å²) in [6.07, 6.45) is 12.8. The fourth-order valence-corrected chi connectivity index (χ4v) is 3.89. The standard InChI is InChI=1S/C14H27N/c1-2-4-14(15)6-3-5-12-9-11-7-8-13(12)10-11/h11-14H,2-10,15H2,1H3. The topological polar surface area (TPSA) is 26.0 Å². The molecule has 0 aromatic carbocycles. The quantitative estimate of drug-likeness (QED) is 0.709. The Labute approximate surface area is 94.8 Å². The Hall–Kier alpha value is -0.0400. The van der Waals surface area contributed by atoms with E-state index < -0.39 is 0 Å². The van der Waals surface area contributed by atoms with E-state index >= 15 is 0 Å². The zero-order valence-corrected chi connectivity index (χ0v) is 10.3. The average molecular weight is 209 g/mol. The number of fused-ring (bicyclic) bond motifs is 2. The highest BCUT2D eigenvalue weighted by Crippen LogP contribution is 2.49. The van der Waals surface area contributed by atoms with E-state index in [0.717, 1.165) is 17.8 Å². The van der Waals surface area contributed by atoms with Gasteiger partial charge in [-0.3, -0.25) is 0 Å². The van der Waals surface area contributed by atoms with E-state index in [0.29, 0.717) is 6.04 Å². The van der Waals surface area contributed by atoms with Gasteiger partial charge in [-0.05, 0) is 49.9 Å². The van der Waals surface area contributed by atoms with Gasteiger partial charge in [0.1, 0.15) is 0 Å². The Morgan fingerprint density at radius 3 is 2.67 bits per heavy atom. The van der Waals surface area contributed by atoms with Gasteiger partial charge in [0.25, 0.3) is 0 Å². The van der Waals surface area contributed by atoms with Crippen LogP contribution in [0.2, 0.25) is 0 Å². The summed E-state index contributed by atoms with van der Waals surface area (Å²) in [5, 5.41) is 0. The van der Waals surface area contributed by atoms with Gasteiger partial charge in [0.2, 0.25) is 0 Å². The van der Waals surface area contributed by atoms with Crippen LogP contribution in [0.25, 0.3) is 0 Å². The number of hydrogen-bond donors (Lipinski definition) is 1. The molecule has 1 heteroatoms. The summed E-state index contributed by atoms with van der Waals surface area (Å²) in [6.45, 7) is 2.23. The van der Waals surface area contributed by atoms with Crippen molar-refractivity contribution in [3.63, 3.8) is 0 Å². The van der Waals surface area contributed by atoms with Crippen molar-refractivity contribution in [1.82, 2.24) is 0 Å². The summed E-state index contributed by atoms with van der Waals surface area (Å²) in [6, 6.07) is 0.480. The molecule has 88 valence electrons. The molecule has 2 N–H and O–H groups in total. The minimum absolute atomic E-state index is 0.480. The third-order valence-electron chi connectivity index (χ3n) is 4.69. The molecule has 0 heterocycles. The monoisotopic (exact) mass is 209 g/mol. The molecule has 15 heavy (non-hydrogen) atoms. The van der Waals surface area contributed by atoms with Crippen molar-refractivity contribution < 1.29 is 0 Å². The molecule has 2 aliphatic rings. The summed E-state index contributed by atoms with van der Waals surface area (Å²) in [5.74, 6) is 3.30. The van der Waals surface area contributed by atoms with Crippen molar-refractivity contribution in [3.8, 4) is 0 Å². The molecule has 0 amide bonds. The maximum atomic E-state index is 6.04. The van der Waals surface area contributed by atoms with Gasteiger partial charge in [0.05, 0.1) is 0 Å². The number of nitrogens with two attached hydrogens (primary N) is 1. The van der Waals surface area contributed by atoms with Crippen LogP contribution in [0.5, 0.6) is 0 Å². The lowest BCUT2D eigenvalue weighted by Gasteiger charge is -2.22. The highest BCUT2D eigenvalue weighted by molar-refractivity contribution is 4.89. The van der Waals surface area contributed by atoms with Gasteiger partial charge in [-0.15, -0.1) is 0 Å². The molecule has 2 bridgehead atoms. The van der Waals surface area contributed by atoms with E-state index in [1.807, 2.05) is 0 Å². The van der Waals surface area contributed by atoms with E-state index in [4.69, 9.17) is 5.73 Å². The highest BCUT2D eigenvalue weighted by atomic mass is 14.6. The van der Waals surface area contributed by atoms with Crippen molar-refractivity contribution in [3.05, 3.63) is 0 Å². The van der Waals surface area contributed by atoms with Gasteiger partial charge in [-0.1, -0.05) is 32.6 Å². The molecule has 0 saturated heterocycles. The van der Waals surface area contributed by atoms with E-state index in [9.17, 15) is 0 Å². The number of rotatable bonds is 6. The Bertz CT molecular complexity index is 190. The van der Waals surface area contributed by atoms with Crippen molar-refractivity contribution in [2.24, 2.45) is 23.5 Å². The molecule has 1 nitrogen and oxygen atoms in total. The maximum Gasteiger partial charge on any atom is 0.00387 e. The lowest BCUT2D eigenvalue weighted by atomic mass is 9.85. The van der Waals surface area contributed by atoms with Crippen LogP contribution in [0.3, 0.4) is 0 Å². The highest BCUT2D eigenvalue weighted by Gasteiger charge is 2.38. The normalized spacial score (nSPS) is 36.0. The SMILES string of the molecule is CCCC(N)CCCC1CC2CCC1C2. The molecule has 4 unspecified atom stereocenters. The van der Waals surface area contributed by atoms with Gasteiger partial charge < -0.3 is 5.73 Å². The maximum absolute atomic E-state index is 6.04. The first-order valence-corrected chi connectivity index (χ1v) is 7.05. The molecule has 2 saturated carbocycles. The Morgan fingerprint density at radius 2 is 2.07 bits per heavy atom. The van der Waals surface area contributed by atoms with Gasteiger partial charge in [0.15, 0.2) is 0 Å². The largest absolute Gasteiger partial charge is 0.328 e. The molecule has 0 radical (unpaired) electrons. The Morgan fingerprint density at radius 1 is 1.20 bits per heavy atom. The van der Waals surface area contributed by atoms with E-state index in [1.165, 1.54) is 44.9 Å². The molecule has 0 aliphatic heterocycles. The second kappa shape index (κ2) is 5.34. The molecule has 2 rings (SSSR count). The third kappa shape index (κ3) is 2.96. The average Bonchev–Trinajstić information content (AvgIpc) is 2.79. The minimum Gasteiger partial charge on any atom is -0.328 e. The van der Waals surface area contributed by atoms with Crippen LogP contribution < -0.4 is 5.73 Å². The second-order valence-corrected chi connectivity index (χ2v) is 5.91. The molecule has 0 spiro atoms. The van der Waals surface area contributed by atoms with Crippen molar-refractivity contribution in [2.75, 3.05) is 0 Å². The van der Waals surface area contributed by atoms with Crippen LogP contribution >= 0.6 is 0 Å². The lowest BCUT2D eigenvalue weighted by Crippen LogP contribution is -2.20. The van der Waals surface area contributed by atoms with E-state index in [1.54, 1.807) is 12.8 Å². The summed E-state index contributed by atoms with van der Waals surface area (Å²) in [4.78, 5) is 0. The van der Waals surface area contributed by atoms with E-state index in [-0.39, 0.29) is 0 Å². The predicted molar refractivity (Wildman–Crippen MR) is 65.7 cm³/mol. The molecule has 0 aromatic rings. The van der Waals surface area contributed by atoms with Crippen LogP contribution in [0.1, 0.15) is 64.7 Å². The minimum atomic E-state index is 0.480. The van der Waals surface area contributed by atoms with Crippen LogP contribution in [-0.2, 0) is 0 Å². The molecule has 2 aliphatic carbocycles. The van der Waals surface area contributed by atoms with Crippen molar-refractivity contribution in [2.45, 2.75) is 70.8 Å². The van der Waals surface area contributed by atoms with Crippen LogP contribution in [0.15, 0.2) is 0 Å². The van der Waals surface area contributed by atoms with E-state index in [2.05, 4.69) is 6.92 Å². The Kier molecular flexibility index (Phi) is 4.07. The van der Waals surface area contributed by atoms with Crippen LogP contribution in [0.4, 0.5) is 0 Å². The summed E-state index contributed by atoms with van der Waals surface area (Å²) >= 11 is 0. The molecular formula is C14H27N. The first kappa shape index (κ1) is 11.4. The first-order valence-electron chi connectivity index (χ1n) is 7.05. The van der Waals surface area contributed by atoms with Crippen LogP contribution in [0, 0.1) is 17.8 Å². The molecule has 4 atom stereocenters. The summed E-state index contributed by atoms with van der Waals surface area (Å²) < 4.78 is 0.